The van der Waals surface area contributed by atoms with Gasteiger partial charge in [0.05, 0.1) is 0 Å². The predicted octanol–water partition coefficient (Wildman–Crippen LogP) is 2.67. The monoisotopic (exact) mass is 280 g/mol. The number of amides is 1. The van der Waals surface area contributed by atoms with Gasteiger partial charge < -0.3 is 4.90 Å². The Morgan fingerprint density at radius 3 is 2.70 bits per heavy atom. The number of nitrogens with zero attached hydrogens (tertiary/aromatic N) is 4. The summed E-state index contributed by atoms with van der Waals surface area (Å²) in [5.41, 5.74) is 8.77. The van der Waals surface area contributed by atoms with E-state index >= 15 is 0 Å². The van der Waals surface area contributed by atoms with Crippen LogP contribution < -0.4 is 0 Å². The van der Waals surface area contributed by atoms with Gasteiger partial charge in [0, 0.05) is 37.0 Å². The highest BCUT2D eigenvalue weighted by molar-refractivity contribution is 5.78. The summed E-state index contributed by atoms with van der Waals surface area (Å²) in [6.45, 7) is 1.23. The van der Waals surface area contributed by atoms with Gasteiger partial charge >= 0.3 is 0 Å². The van der Waals surface area contributed by atoms with Gasteiger partial charge in [-0.1, -0.05) is 5.11 Å². The fourth-order valence-electron chi connectivity index (χ4n) is 2.36. The van der Waals surface area contributed by atoms with Gasteiger partial charge in [-0.05, 0) is 35.6 Å². The van der Waals surface area contributed by atoms with Crippen LogP contribution in [0.5, 0.6) is 0 Å². The number of hydrogen-bond donors (Lipinski definition) is 0. The number of rotatable bonds is 5. The van der Waals surface area contributed by atoms with E-state index in [-0.39, 0.29) is 11.8 Å². The van der Waals surface area contributed by atoms with Gasteiger partial charge in [-0.25, -0.2) is 8.78 Å². The van der Waals surface area contributed by atoms with Crippen molar-refractivity contribution < 1.29 is 13.6 Å². The molecule has 0 aliphatic carbocycles. The molecule has 0 saturated carbocycles. The zero-order chi connectivity index (χ0) is 14.5. The Morgan fingerprint density at radius 2 is 2.05 bits per heavy atom. The van der Waals surface area contributed by atoms with Crippen LogP contribution in [-0.2, 0) is 11.2 Å². The molecule has 0 spiro atoms. The molecule has 1 fully saturated rings. The van der Waals surface area contributed by atoms with Crippen molar-refractivity contribution in [1.29, 1.82) is 0 Å². The summed E-state index contributed by atoms with van der Waals surface area (Å²) in [4.78, 5) is 16.1. The third-order valence-electron chi connectivity index (χ3n) is 3.29. The van der Waals surface area contributed by atoms with Crippen LogP contribution in [0.25, 0.3) is 10.4 Å². The number of likely N-dealkylation sites (tertiary alicyclic amines) is 1. The molecule has 1 unspecified atom stereocenters. The smallest absolute Gasteiger partial charge is 0.222 e. The molecule has 106 valence electrons. The van der Waals surface area contributed by atoms with Crippen molar-refractivity contribution in [2.45, 2.75) is 12.8 Å². The molecular weight excluding hydrogens is 266 g/mol. The SMILES string of the molecule is [N-]=[N+]=NCC1CC(=O)N(CCc2cc(F)cc(F)c2)C1. The van der Waals surface area contributed by atoms with Crippen LogP contribution >= 0.6 is 0 Å². The molecule has 1 saturated heterocycles. The molecule has 1 aliphatic heterocycles. The Morgan fingerprint density at radius 1 is 1.35 bits per heavy atom. The van der Waals surface area contributed by atoms with E-state index in [0.29, 0.717) is 38.0 Å². The first-order valence-corrected chi connectivity index (χ1v) is 6.32. The van der Waals surface area contributed by atoms with Crippen LogP contribution in [0.1, 0.15) is 12.0 Å². The van der Waals surface area contributed by atoms with Gasteiger partial charge in [-0.2, -0.15) is 0 Å². The van der Waals surface area contributed by atoms with Crippen LogP contribution in [0.4, 0.5) is 8.78 Å². The van der Waals surface area contributed by atoms with Crippen LogP contribution in [0.2, 0.25) is 0 Å². The topological polar surface area (TPSA) is 69.1 Å². The van der Waals surface area contributed by atoms with Crippen molar-refractivity contribution in [2.24, 2.45) is 11.0 Å². The molecule has 0 radical (unpaired) electrons. The minimum atomic E-state index is -0.617. The lowest BCUT2D eigenvalue weighted by atomic mass is 10.1. The first-order valence-electron chi connectivity index (χ1n) is 6.32. The van der Waals surface area contributed by atoms with Crippen molar-refractivity contribution in [1.82, 2.24) is 4.90 Å². The van der Waals surface area contributed by atoms with E-state index in [0.717, 1.165) is 6.07 Å². The zero-order valence-electron chi connectivity index (χ0n) is 10.8. The average molecular weight is 280 g/mol. The highest BCUT2D eigenvalue weighted by Gasteiger charge is 2.28. The largest absolute Gasteiger partial charge is 0.342 e. The van der Waals surface area contributed by atoms with Gasteiger partial charge in [0.2, 0.25) is 5.91 Å². The third kappa shape index (κ3) is 3.68. The molecule has 2 rings (SSSR count). The van der Waals surface area contributed by atoms with Gasteiger partial charge in [0.25, 0.3) is 0 Å². The number of benzene rings is 1. The molecule has 0 N–H and O–H groups in total. The van der Waals surface area contributed by atoms with E-state index in [4.69, 9.17) is 5.53 Å². The summed E-state index contributed by atoms with van der Waals surface area (Å²) >= 11 is 0. The Bertz CT molecular complexity index is 537. The minimum Gasteiger partial charge on any atom is -0.342 e. The maximum absolute atomic E-state index is 13.0. The standard InChI is InChI=1S/C13H14F2N4O/c14-11-3-9(4-12(15)6-11)1-2-19-8-10(5-13(19)20)7-17-18-16/h3-4,6,10H,1-2,5,7-8H2. The summed E-state index contributed by atoms with van der Waals surface area (Å²) < 4.78 is 26.1. The van der Waals surface area contributed by atoms with E-state index < -0.39 is 11.6 Å². The Balaban J connectivity index is 1.90. The van der Waals surface area contributed by atoms with E-state index in [1.807, 2.05) is 0 Å². The summed E-state index contributed by atoms with van der Waals surface area (Å²) in [6, 6.07) is 3.35. The van der Waals surface area contributed by atoms with Gasteiger partial charge in [0.1, 0.15) is 11.6 Å². The van der Waals surface area contributed by atoms with Crippen molar-refractivity contribution >= 4 is 5.91 Å². The number of carbonyl (C=O) groups excluding carboxylic acids is 1. The molecule has 1 aromatic rings. The molecule has 7 heteroatoms. The number of carbonyl (C=O) groups is 1. The molecule has 20 heavy (non-hydrogen) atoms. The maximum Gasteiger partial charge on any atom is 0.222 e. The van der Waals surface area contributed by atoms with E-state index in [2.05, 4.69) is 10.0 Å². The van der Waals surface area contributed by atoms with Crippen molar-refractivity contribution in [3.8, 4) is 0 Å². The predicted molar refractivity (Wildman–Crippen MR) is 68.8 cm³/mol. The summed E-state index contributed by atoms with van der Waals surface area (Å²) in [5, 5.41) is 3.47. The first kappa shape index (κ1) is 14.3. The minimum absolute atomic E-state index is 0.0139. The average Bonchev–Trinajstić information content (AvgIpc) is 2.73. The van der Waals surface area contributed by atoms with E-state index in [1.165, 1.54) is 12.1 Å². The van der Waals surface area contributed by atoms with Gasteiger partial charge in [-0.15, -0.1) is 0 Å². The maximum atomic E-state index is 13.0. The lowest BCUT2D eigenvalue weighted by molar-refractivity contribution is -0.127. The second kappa shape index (κ2) is 6.34. The number of halogens is 2. The molecule has 1 amide bonds. The van der Waals surface area contributed by atoms with Crippen LogP contribution in [0, 0.1) is 17.6 Å². The van der Waals surface area contributed by atoms with Gasteiger partial charge in [-0.3, -0.25) is 4.79 Å². The third-order valence-corrected chi connectivity index (χ3v) is 3.29. The lowest BCUT2D eigenvalue weighted by Crippen LogP contribution is -2.27. The van der Waals surface area contributed by atoms with Crippen LogP contribution in [-0.4, -0.2) is 30.4 Å². The van der Waals surface area contributed by atoms with Crippen molar-refractivity contribution in [2.75, 3.05) is 19.6 Å². The number of azide groups is 1. The summed E-state index contributed by atoms with van der Waals surface area (Å²) in [6.07, 6.45) is 0.755. The molecule has 5 nitrogen and oxygen atoms in total. The molecule has 1 heterocycles. The normalized spacial score (nSPS) is 18.2. The second-order valence-corrected chi connectivity index (χ2v) is 4.85. The molecule has 0 bridgehead atoms. The molecular formula is C13H14F2N4O. The highest BCUT2D eigenvalue weighted by atomic mass is 19.1. The molecule has 1 aromatic carbocycles. The second-order valence-electron chi connectivity index (χ2n) is 4.85. The first-order chi connectivity index (χ1) is 9.58. The molecule has 0 aromatic heterocycles. The lowest BCUT2D eigenvalue weighted by Gasteiger charge is -2.16. The Hall–Kier alpha value is -2.14. The van der Waals surface area contributed by atoms with Crippen LogP contribution in [0.3, 0.4) is 0 Å². The highest BCUT2D eigenvalue weighted by Crippen LogP contribution is 2.19. The van der Waals surface area contributed by atoms with Crippen molar-refractivity contribution in [3.05, 3.63) is 45.8 Å². The Kier molecular flexibility index (Phi) is 4.53. The zero-order valence-corrected chi connectivity index (χ0v) is 10.8. The Labute approximate surface area is 114 Å². The van der Waals surface area contributed by atoms with Crippen molar-refractivity contribution in [3.63, 3.8) is 0 Å². The summed E-state index contributed by atoms with van der Waals surface area (Å²) in [7, 11) is 0. The molecule has 1 aliphatic rings. The summed E-state index contributed by atoms with van der Waals surface area (Å²) in [5.74, 6) is -1.22. The fourth-order valence-corrected chi connectivity index (χ4v) is 2.36. The van der Waals surface area contributed by atoms with E-state index in [1.54, 1.807) is 4.90 Å². The fraction of sp³-hybridized carbons (Fsp3) is 0.462. The number of hydrogen-bond acceptors (Lipinski definition) is 2. The van der Waals surface area contributed by atoms with Gasteiger partial charge in [0.15, 0.2) is 0 Å². The quantitative estimate of drug-likeness (QED) is 0.464. The molecule has 1 atom stereocenters. The van der Waals surface area contributed by atoms with E-state index in [9.17, 15) is 13.6 Å². The van der Waals surface area contributed by atoms with Crippen LogP contribution in [0.15, 0.2) is 23.3 Å².